The molecule has 1 aromatic rings. The van der Waals surface area contributed by atoms with E-state index in [4.69, 9.17) is 19.3 Å². The van der Waals surface area contributed by atoms with Gasteiger partial charge in [0.05, 0.1) is 34.5 Å². The molecule has 0 atom stereocenters. The zero-order valence-electron chi connectivity index (χ0n) is 13.6. The molecule has 0 fully saturated rings. The lowest BCUT2D eigenvalue weighted by atomic mass is 10.2. The van der Waals surface area contributed by atoms with Gasteiger partial charge in [-0.05, 0) is 24.6 Å². The maximum Gasteiger partial charge on any atom is 0.203 e. The molecule has 0 spiro atoms. The largest absolute Gasteiger partial charge is 0.493 e. The van der Waals surface area contributed by atoms with Crippen LogP contribution in [-0.4, -0.2) is 52.1 Å². The molecule has 0 unspecified atom stereocenters. The van der Waals surface area contributed by atoms with Crippen LogP contribution in [0, 0.1) is 0 Å². The Hall–Kier alpha value is -2.15. The van der Waals surface area contributed by atoms with E-state index in [0.717, 1.165) is 12.1 Å². The fourth-order valence-corrected chi connectivity index (χ4v) is 1.91. The molecule has 22 heavy (non-hydrogen) atoms. The number of methoxy groups -OCH3 is 3. The van der Waals surface area contributed by atoms with E-state index in [9.17, 15) is 0 Å². The zero-order chi connectivity index (χ0) is 16.4. The summed E-state index contributed by atoms with van der Waals surface area (Å²) in [5, 5.41) is 15.0. The number of aliphatic hydroxyl groups is 1. The Labute approximate surface area is 131 Å². The van der Waals surface area contributed by atoms with Crippen molar-refractivity contribution in [1.29, 1.82) is 0 Å². The summed E-state index contributed by atoms with van der Waals surface area (Å²) in [5.74, 6) is 2.40. The monoisotopic (exact) mass is 311 g/mol. The Kier molecular flexibility index (Phi) is 7.91. The summed E-state index contributed by atoms with van der Waals surface area (Å²) < 4.78 is 15.9. The fraction of sp³-hybridized carbons (Fsp3) is 0.533. The first kappa shape index (κ1) is 17.9. The van der Waals surface area contributed by atoms with Gasteiger partial charge in [0.15, 0.2) is 17.5 Å². The second-order valence-electron chi connectivity index (χ2n) is 4.38. The molecule has 7 heteroatoms. The van der Waals surface area contributed by atoms with Crippen molar-refractivity contribution in [2.24, 2.45) is 4.99 Å². The van der Waals surface area contributed by atoms with Crippen LogP contribution in [0.4, 0.5) is 0 Å². The van der Waals surface area contributed by atoms with E-state index in [1.165, 1.54) is 0 Å². The van der Waals surface area contributed by atoms with Crippen molar-refractivity contribution < 1.29 is 19.3 Å². The van der Waals surface area contributed by atoms with Gasteiger partial charge in [0.2, 0.25) is 5.75 Å². The molecule has 1 aromatic carbocycles. The Bertz CT molecular complexity index is 467. The minimum atomic E-state index is 0.0502. The second kappa shape index (κ2) is 9.73. The topological polar surface area (TPSA) is 84.3 Å². The van der Waals surface area contributed by atoms with Crippen LogP contribution in [0.25, 0.3) is 0 Å². The van der Waals surface area contributed by atoms with Crippen molar-refractivity contribution in [1.82, 2.24) is 10.6 Å². The van der Waals surface area contributed by atoms with E-state index in [0.29, 0.717) is 36.3 Å². The highest BCUT2D eigenvalue weighted by Gasteiger charge is 2.12. The molecule has 0 aliphatic heterocycles. The van der Waals surface area contributed by atoms with Gasteiger partial charge in [0.25, 0.3) is 0 Å². The molecule has 124 valence electrons. The summed E-state index contributed by atoms with van der Waals surface area (Å²) in [6.07, 6.45) is 0. The predicted octanol–water partition coefficient (Wildman–Crippen LogP) is 0.760. The van der Waals surface area contributed by atoms with Crippen LogP contribution in [-0.2, 0) is 6.54 Å². The molecular weight excluding hydrogens is 286 g/mol. The lowest BCUT2D eigenvalue weighted by molar-refractivity contribution is 0.300. The summed E-state index contributed by atoms with van der Waals surface area (Å²) >= 11 is 0. The van der Waals surface area contributed by atoms with Gasteiger partial charge in [0, 0.05) is 13.1 Å². The third kappa shape index (κ3) is 5.00. The van der Waals surface area contributed by atoms with Gasteiger partial charge in [-0.1, -0.05) is 0 Å². The van der Waals surface area contributed by atoms with Gasteiger partial charge in [0.1, 0.15) is 0 Å². The van der Waals surface area contributed by atoms with Crippen molar-refractivity contribution in [3.05, 3.63) is 17.7 Å². The van der Waals surface area contributed by atoms with E-state index in [1.54, 1.807) is 21.3 Å². The Balaban J connectivity index is 2.95. The normalized spacial score (nSPS) is 11.0. The van der Waals surface area contributed by atoms with Gasteiger partial charge in [-0.2, -0.15) is 0 Å². The number of nitrogens with one attached hydrogen (secondary N) is 2. The number of hydrogen-bond acceptors (Lipinski definition) is 5. The maximum absolute atomic E-state index is 8.87. The highest BCUT2D eigenvalue weighted by atomic mass is 16.5. The third-order valence-electron chi connectivity index (χ3n) is 2.89. The quantitative estimate of drug-likeness (QED) is 0.485. The molecule has 0 bridgehead atoms. The van der Waals surface area contributed by atoms with Gasteiger partial charge in [-0.15, -0.1) is 0 Å². The molecule has 1 rings (SSSR count). The molecule has 0 aromatic heterocycles. The first-order chi connectivity index (χ1) is 10.7. The molecule has 0 heterocycles. The Morgan fingerprint density at radius 2 is 1.73 bits per heavy atom. The van der Waals surface area contributed by atoms with Gasteiger partial charge < -0.3 is 30.0 Å². The number of ether oxygens (including phenoxy) is 3. The molecule has 0 amide bonds. The maximum atomic E-state index is 8.87. The molecule has 7 nitrogen and oxygen atoms in total. The standard InChI is InChI=1S/C15H25N3O4/c1-5-16-15(17-6-7-19)18-10-11-8-12(20-2)14(22-4)13(9-11)21-3/h8-9,19H,5-7,10H2,1-4H3,(H2,16,17,18). The molecule has 0 radical (unpaired) electrons. The number of hydrogen-bond donors (Lipinski definition) is 3. The summed E-state index contributed by atoms with van der Waals surface area (Å²) in [7, 11) is 4.73. The van der Waals surface area contributed by atoms with Crippen LogP contribution in [0.5, 0.6) is 17.2 Å². The summed E-state index contributed by atoms with van der Waals surface area (Å²) in [6.45, 7) is 3.66. The molecule has 0 saturated carbocycles. The SMILES string of the molecule is CCNC(=NCc1cc(OC)c(OC)c(OC)c1)NCCO. The van der Waals surface area contributed by atoms with E-state index in [2.05, 4.69) is 15.6 Å². The first-order valence-electron chi connectivity index (χ1n) is 7.12. The van der Waals surface area contributed by atoms with Crippen molar-refractivity contribution >= 4 is 5.96 Å². The molecule has 0 aliphatic rings. The second-order valence-corrected chi connectivity index (χ2v) is 4.38. The summed E-state index contributed by atoms with van der Waals surface area (Å²) in [4.78, 5) is 4.46. The molecule has 0 aliphatic carbocycles. The van der Waals surface area contributed by atoms with E-state index in [-0.39, 0.29) is 6.61 Å². The number of aliphatic imine (C=N–C) groups is 1. The van der Waals surface area contributed by atoms with E-state index in [1.807, 2.05) is 19.1 Å². The highest BCUT2D eigenvalue weighted by Crippen LogP contribution is 2.38. The van der Waals surface area contributed by atoms with Crippen molar-refractivity contribution in [2.45, 2.75) is 13.5 Å². The highest BCUT2D eigenvalue weighted by molar-refractivity contribution is 5.79. The van der Waals surface area contributed by atoms with Crippen molar-refractivity contribution in [2.75, 3.05) is 41.0 Å². The zero-order valence-corrected chi connectivity index (χ0v) is 13.6. The van der Waals surface area contributed by atoms with Crippen LogP contribution < -0.4 is 24.8 Å². The van der Waals surface area contributed by atoms with Crippen LogP contribution in [0.3, 0.4) is 0 Å². The number of benzene rings is 1. The average Bonchev–Trinajstić information content (AvgIpc) is 2.56. The van der Waals surface area contributed by atoms with Crippen molar-refractivity contribution in [3.63, 3.8) is 0 Å². The molecular formula is C15H25N3O4. The van der Waals surface area contributed by atoms with Crippen LogP contribution in [0.15, 0.2) is 17.1 Å². The Morgan fingerprint density at radius 1 is 1.09 bits per heavy atom. The molecule has 3 N–H and O–H groups in total. The summed E-state index contributed by atoms with van der Waals surface area (Å²) in [6, 6.07) is 3.72. The minimum Gasteiger partial charge on any atom is -0.493 e. The Morgan fingerprint density at radius 3 is 2.18 bits per heavy atom. The number of aliphatic hydroxyl groups excluding tert-OH is 1. The van der Waals surface area contributed by atoms with E-state index >= 15 is 0 Å². The average molecular weight is 311 g/mol. The minimum absolute atomic E-state index is 0.0502. The third-order valence-corrected chi connectivity index (χ3v) is 2.89. The first-order valence-corrected chi connectivity index (χ1v) is 7.12. The van der Waals surface area contributed by atoms with Crippen LogP contribution in [0.2, 0.25) is 0 Å². The lowest BCUT2D eigenvalue weighted by Gasteiger charge is -2.14. The fourth-order valence-electron chi connectivity index (χ4n) is 1.91. The van der Waals surface area contributed by atoms with Gasteiger partial charge in [-0.25, -0.2) is 4.99 Å². The van der Waals surface area contributed by atoms with Crippen molar-refractivity contribution in [3.8, 4) is 17.2 Å². The van der Waals surface area contributed by atoms with E-state index < -0.39 is 0 Å². The number of rotatable bonds is 8. The smallest absolute Gasteiger partial charge is 0.203 e. The number of nitrogens with zero attached hydrogens (tertiary/aromatic N) is 1. The van der Waals surface area contributed by atoms with Gasteiger partial charge in [-0.3, -0.25) is 0 Å². The summed E-state index contributed by atoms with van der Waals surface area (Å²) in [5.41, 5.74) is 0.927. The van der Waals surface area contributed by atoms with Crippen LogP contribution in [0.1, 0.15) is 12.5 Å². The predicted molar refractivity (Wildman–Crippen MR) is 86.0 cm³/mol. The van der Waals surface area contributed by atoms with Crippen LogP contribution >= 0.6 is 0 Å². The lowest BCUT2D eigenvalue weighted by Crippen LogP contribution is -2.38. The number of guanidine groups is 1. The molecule has 0 saturated heterocycles. The van der Waals surface area contributed by atoms with Gasteiger partial charge >= 0.3 is 0 Å².